The van der Waals surface area contributed by atoms with Crippen molar-refractivity contribution in [1.82, 2.24) is 5.32 Å². The molecular weight excluding hydrogens is 174 g/mol. The van der Waals surface area contributed by atoms with E-state index in [9.17, 15) is 4.79 Å². The highest BCUT2D eigenvalue weighted by Gasteiger charge is 2.12. The smallest absolute Gasteiger partial charge is 0.207 e. The van der Waals surface area contributed by atoms with E-state index in [1.807, 2.05) is 0 Å². The maximum atomic E-state index is 10.1. The zero-order chi connectivity index (χ0) is 10.6. The van der Waals surface area contributed by atoms with Crippen molar-refractivity contribution in [2.45, 2.75) is 32.7 Å². The van der Waals surface area contributed by atoms with E-state index in [0.29, 0.717) is 6.54 Å². The SMILES string of the molecule is CC(C)(C)c1ccc(CNC=O)cc1. The Morgan fingerprint density at radius 1 is 1.21 bits per heavy atom. The summed E-state index contributed by atoms with van der Waals surface area (Å²) in [5, 5.41) is 2.64. The van der Waals surface area contributed by atoms with E-state index in [1.54, 1.807) is 0 Å². The van der Waals surface area contributed by atoms with Gasteiger partial charge in [-0.2, -0.15) is 0 Å². The van der Waals surface area contributed by atoms with Gasteiger partial charge >= 0.3 is 0 Å². The molecule has 1 N–H and O–H groups in total. The van der Waals surface area contributed by atoms with Crippen molar-refractivity contribution in [2.75, 3.05) is 0 Å². The molecule has 0 aliphatic rings. The summed E-state index contributed by atoms with van der Waals surface area (Å²) >= 11 is 0. The molecule has 0 saturated carbocycles. The Labute approximate surface area is 85.3 Å². The summed E-state index contributed by atoms with van der Waals surface area (Å²) in [6, 6.07) is 8.33. The fourth-order valence-electron chi connectivity index (χ4n) is 1.28. The Balaban J connectivity index is 2.73. The van der Waals surface area contributed by atoms with Gasteiger partial charge in [0.05, 0.1) is 0 Å². The maximum absolute atomic E-state index is 10.1. The first-order valence-electron chi connectivity index (χ1n) is 4.80. The van der Waals surface area contributed by atoms with Gasteiger partial charge in [-0.25, -0.2) is 0 Å². The molecule has 76 valence electrons. The second-order valence-corrected chi connectivity index (χ2v) is 4.45. The van der Waals surface area contributed by atoms with E-state index in [0.717, 1.165) is 12.0 Å². The van der Waals surface area contributed by atoms with Crippen LogP contribution < -0.4 is 5.32 Å². The van der Waals surface area contributed by atoms with E-state index < -0.39 is 0 Å². The summed E-state index contributed by atoms with van der Waals surface area (Å²) in [5.41, 5.74) is 2.63. The first kappa shape index (κ1) is 10.8. The largest absolute Gasteiger partial charge is 0.355 e. The van der Waals surface area contributed by atoms with Crippen molar-refractivity contribution in [1.29, 1.82) is 0 Å². The minimum atomic E-state index is 0.191. The van der Waals surface area contributed by atoms with Gasteiger partial charge in [0.1, 0.15) is 0 Å². The molecular formula is C12H17NO. The van der Waals surface area contributed by atoms with Crippen LogP contribution in [0.3, 0.4) is 0 Å². The van der Waals surface area contributed by atoms with Crippen LogP contribution in [0.5, 0.6) is 0 Å². The fraction of sp³-hybridized carbons (Fsp3) is 0.417. The molecule has 1 rings (SSSR count). The Hall–Kier alpha value is -1.31. The van der Waals surface area contributed by atoms with Gasteiger partial charge < -0.3 is 5.32 Å². The van der Waals surface area contributed by atoms with Crippen LogP contribution in [-0.4, -0.2) is 6.41 Å². The van der Waals surface area contributed by atoms with Crippen LogP contribution >= 0.6 is 0 Å². The number of hydrogen-bond donors (Lipinski definition) is 1. The van der Waals surface area contributed by atoms with Gasteiger partial charge in [0.15, 0.2) is 0 Å². The second-order valence-electron chi connectivity index (χ2n) is 4.45. The lowest BCUT2D eigenvalue weighted by Gasteiger charge is -2.19. The summed E-state index contributed by atoms with van der Waals surface area (Å²) in [6.45, 7) is 7.16. The molecule has 1 aromatic rings. The molecule has 0 radical (unpaired) electrons. The van der Waals surface area contributed by atoms with Gasteiger partial charge in [0, 0.05) is 6.54 Å². The lowest BCUT2D eigenvalue weighted by Crippen LogP contribution is -2.12. The molecule has 2 nitrogen and oxygen atoms in total. The van der Waals surface area contributed by atoms with Crippen LogP contribution in [0, 0.1) is 0 Å². The summed E-state index contributed by atoms with van der Waals surface area (Å²) in [7, 11) is 0. The lowest BCUT2D eigenvalue weighted by atomic mass is 9.87. The molecule has 0 unspecified atom stereocenters. The predicted molar refractivity (Wildman–Crippen MR) is 58.0 cm³/mol. The van der Waals surface area contributed by atoms with E-state index in [-0.39, 0.29) is 5.41 Å². The summed E-state index contributed by atoms with van der Waals surface area (Å²) in [5.74, 6) is 0. The monoisotopic (exact) mass is 191 g/mol. The first-order valence-corrected chi connectivity index (χ1v) is 4.80. The molecule has 0 aliphatic carbocycles. The third kappa shape index (κ3) is 2.87. The Morgan fingerprint density at radius 3 is 2.21 bits per heavy atom. The Morgan fingerprint density at radius 2 is 1.79 bits per heavy atom. The maximum Gasteiger partial charge on any atom is 0.207 e. The standard InChI is InChI=1S/C12H17NO/c1-12(2,3)11-6-4-10(5-7-11)8-13-9-14/h4-7,9H,8H2,1-3H3,(H,13,14). The summed E-state index contributed by atoms with van der Waals surface area (Å²) in [6.07, 6.45) is 0.720. The van der Waals surface area contributed by atoms with E-state index in [1.165, 1.54) is 5.56 Å². The quantitative estimate of drug-likeness (QED) is 0.729. The number of hydrogen-bond acceptors (Lipinski definition) is 1. The molecule has 0 fully saturated rings. The molecule has 0 spiro atoms. The zero-order valence-electron chi connectivity index (χ0n) is 9.00. The fourth-order valence-corrected chi connectivity index (χ4v) is 1.28. The minimum absolute atomic E-state index is 0.191. The van der Waals surface area contributed by atoms with Crippen LogP contribution in [-0.2, 0) is 16.8 Å². The van der Waals surface area contributed by atoms with Crippen molar-refractivity contribution in [3.05, 3.63) is 35.4 Å². The molecule has 0 aromatic heterocycles. The normalized spacial score (nSPS) is 11.1. The Bertz CT molecular complexity index is 295. The van der Waals surface area contributed by atoms with Gasteiger partial charge in [-0.15, -0.1) is 0 Å². The van der Waals surface area contributed by atoms with E-state index in [2.05, 4.69) is 50.4 Å². The summed E-state index contributed by atoms with van der Waals surface area (Å²) in [4.78, 5) is 10.1. The summed E-state index contributed by atoms with van der Waals surface area (Å²) < 4.78 is 0. The molecule has 0 heterocycles. The van der Waals surface area contributed by atoms with Crippen LogP contribution in [0.2, 0.25) is 0 Å². The molecule has 0 aliphatic heterocycles. The van der Waals surface area contributed by atoms with E-state index >= 15 is 0 Å². The first-order chi connectivity index (χ1) is 6.54. The van der Waals surface area contributed by atoms with Crippen molar-refractivity contribution in [2.24, 2.45) is 0 Å². The number of amides is 1. The van der Waals surface area contributed by atoms with Crippen molar-refractivity contribution in [3.8, 4) is 0 Å². The molecule has 1 aromatic carbocycles. The average Bonchev–Trinajstić information content (AvgIpc) is 2.14. The lowest BCUT2D eigenvalue weighted by molar-refractivity contribution is -0.109. The van der Waals surface area contributed by atoms with Gasteiger partial charge in [0.2, 0.25) is 6.41 Å². The molecule has 0 atom stereocenters. The molecule has 0 bridgehead atoms. The van der Waals surface area contributed by atoms with Gasteiger partial charge in [0.25, 0.3) is 0 Å². The third-order valence-electron chi connectivity index (χ3n) is 2.21. The molecule has 0 saturated heterocycles. The minimum Gasteiger partial charge on any atom is -0.355 e. The van der Waals surface area contributed by atoms with Gasteiger partial charge in [-0.3, -0.25) is 4.79 Å². The molecule has 14 heavy (non-hydrogen) atoms. The van der Waals surface area contributed by atoms with Crippen LogP contribution in [0.4, 0.5) is 0 Å². The van der Waals surface area contributed by atoms with Crippen LogP contribution in [0.1, 0.15) is 31.9 Å². The van der Waals surface area contributed by atoms with Crippen molar-refractivity contribution < 1.29 is 4.79 Å². The van der Waals surface area contributed by atoms with Crippen molar-refractivity contribution >= 4 is 6.41 Å². The topological polar surface area (TPSA) is 29.1 Å². The van der Waals surface area contributed by atoms with Gasteiger partial charge in [-0.05, 0) is 16.5 Å². The highest BCUT2D eigenvalue weighted by Crippen LogP contribution is 2.21. The zero-order valence-corrected chi connectivity index (χ0v) is 9.00. The van der Waals surface area contributed by atoms with Gasteiger partial charge in [-0.1, -0.05) is 45.0 Å². The van der Waals surface area contributed by atoms with Crippen molar-refractivity contribution in [3.63, 3.8) is 0 Å². The van der Waals surface area contributed by atoms with E-state index in [4.69, 9.17) is 0 Å². The van der Waals surface area contributed by atoms with Crippen LogP contribution in [0.15, 0.2) is 24.3 Å². The highest BCUT2D eigenvalue weighted by molar-refractivity contribution is 5.46. The third-order valence-corrected chi connectivity index (χ3v) is 2.21. The highest BCUT2D eigenvalue weighted by atomic mass is 16.1. The number of carbonyl (C=O) groups is 1. The number of nitrogens with one attached hydrogen (secondary N) is 1. The number of rotatable bonds is 3. The average molecular weight is 191 g/mol. The predicted octanol–water partition coefficient (Wildman–Crippen LogP) is 2.23. The number of benzene rings is 1. The molecule has 2 heteroatoms. The molecule has 1 amide bonds. The Kier molecular flexibility index (Phi) is 3.28. The number of carbonyl (C=O) groups excluding carboxylic acids is 1. The van der Waals surface area contributed by atoms with Crippen LogP contribution in [0.25, 0.3) is 0 Å². The second kappa shape index (κ2) is 4.27.